The molecule has 0 atom stereocenters. The number of carbonyl (C=O) groups is 1. The average molecular weight is 345 g/mol. The van der Waals surface area contributed by atoms with Gasteiger partial charge >= 0.3 is 5.97 Å². The van der Waals surface area contributed by atoms with Crippen LogP contribution >= 0.6 is 23.2 Å². The lowest BCUT2D eigenvalue weighted by atomic mass is 10.1. The third-order valence-corrected chi connectivity index (χ3v) is 4.32. The molecule has 2 aromatic carbocycles. The Hall–Kier alpha value is -2.48. The summed E-state index contributed by atoms with van der Waals surface area (Å²) in [6, 6.07) is 12.3. The molecule has 0 amide bonds. The van der Waals surface area contributed by atoms with E-state index < -0.39 is 5.97 Å². The summed E-state index contributed by atoms with van der Waals surface area (Å²) in [6.07, 6.45) is 1.57. The molecule has 4 nitrogen and oxygen atoms in total. The predicted octanol–water partition coefficient (Wildman–Crippen LogP) is 4.57. The molecule has 0 bridgehead atoms. The second-order valence-electron chi connectivity index (χ2n) is 5.07. The number of carboxylic acid groups (broad SMARTS) is 1. The van der Waals surface area contributed by atoms with Crippen molar-refractivity contribution in [1.82, 2.24) is 4.57 Å². The monoisotopic (exact) mass is 344 g/mol. The van der Waals surface area contributed by atoms with E-state index in [0.29, 0.717) is 33.1 Å². The second-order valence-corrected chi connectivity index (χ2v) is 5.88. The topological polar surface area (TPSA) is 66.0 Å². The van der Waals surface area contributed by atoms with Crippen molar-refractivity contribution in [3.8, 4) is 6.07 Å². The number of rotatable bonds is 3. The Morgan fingerprint density at radius 3 is 2.61 bits per heavy atom. The molecule has 23 heavy (non-hydrogen) atoms. The molecule has 0 aliphatic heterocycles. The minimum Gasteiger partial charge on any atom is -0.478 e. The van der Waals surface area contributed by atoms with Crippen molar-refractivity contribution in [2.75, 3.05) is 0 Å². The molecule has 0 radical (unpaired) electrons. The van der Waals surface area contributed by atoms with Gasteiger partial charge in [0.25, 0.3) is 0 Å². The van der Waals surface area contributed by atoms with Crippen LogP contribution < -0.4 is 0 Å². The van der Waals surface area contributed by atoms with Crippen molar-refractivity contribution in [1.29, 1.82) is 5.26 Å². The average Bonchev–Trinajstić information content (AvgIpc) is 2.89. The molecule has 6 heteroatoms. The molecule has 114 valence electrons. The third-order valence-electron chi connectivity index (χ3n) is 3.58. The molecule has 3 aromatic rings. The Balaban J connectivity index is 2.14. The van der Waals surface area contributed by atoms with E-state index in [4.69, 9.17) is 28.5 Å². The Morgan fingerprint density at radius 1 is 1.17 bits per heavy atom. The van der Waals surface area contributed by atoms with Crippen LogP contribution in [0.15, 0.2) is 42.6 Å². The maximum Gasteiger partial charge on any atom is 0.337 e. The van der Waals surface area contributed by atoms with Gasteiger partial charge in [-0.2, -0.15) is 5.26 Å². The first-order chi connectivity index (χ1) is 11.0. The smallest absolute Gasteiger partial charge is 0.337 e. The fourth-order valence-electron chi connectivity index (χ4n) is 2.50. The van der Waals surface area contributed by atoms with Crippen molar-refractivity contribution >= 4 is 40.1 Å². The number of carboxylic acids is 1. The zero-order valence-electron chi connectivity index (χ0n) is 11.8. The molecule has 1 aromatic heterocycles. The highest BCUT2D eigenvalue weighted by Gasteiger charge is 2.15. The van der Waals surface area contributed by atoms with Crippen LogP contribution in [-0.2, 0) is 6.54 Å². The van der Waals surface area contributed by atoms with Crippen molar-refractivity contribution in [3.05, 3.63) is 69.3 Å². The first kappa shape index (κ1) is 15.4. The van der Waals surface area contributed by atoms with Crippen molar-refractivity contribution in [3.63, 3.8) is 0 Å². The standard InChI is InChI=1S/C17H10Cl2N2O2/c18-14-4-2-11(5-15(14)19)8-21-9-13(17(22)23)12-3-1-10(7-20)6-16(12)21/h1-6,9H,8H2,(H,22,23). The summed E-state index contributed by atoms with van der Waals surface area (Å²) in [6.45, 7) is 0.426. The highest BCUT2D eigenvalue weighted by Crippen LogP contribution is 2.26. The van der Waals surface area contributed by atoms with Crippen LogP contribution in [0.5, 0.6) is 0 Å². The molecule has 0 unspecified atom stereocenters. The van der Waals surface area contributed by atoms with Crippen LogP contribution in [0.3, 0.4) is 0 Å². The van der Waals surface area contributed by atoms with Gasteiger partial charge in [-0.3, -0.25) is 0 Å². The summed E-state index contributed by atoms with van der Waals surface area (Å²) in [7, 11) is 0. The molecular weight excluding hydrogens is 335 g/mol. The van der Waals surface area contributed by atoms with Crippen LogP contribution in [-0.4, -0.2) is 15.6 Å². The second kappa shape index (κ2) is 5.96. The number of halogens is 2. The number of fused-ring (bicyclic) bond motifs is 1. The Bertz CT molecular complexity index is 971. The third kappa shape index (κ3) is 2.89. The molecule has 0 saturated heterocycles. The van der Waals surface area contributed by atoms with Gasteiger partial charge in [0, 0.05) is 18.1 Å². The van der Waals surface area contributed by atoms with Gasteiger partial charge in [-0.05, 0) is 29.8 Å². The molecule has 0 fully saturated rings. The van der Waals surface area contributed by atoms with Gasteiger partial charge in [0.05, 0.1) is 32.8 Å². The Morgan fingerprint density at radius 2 is 1.96 bits per heavy atom. The van der Waals surface area contributed by atoms with E-state index in [1.54, 1.807) is 41.1 Å². The summed E-state index contributed by atoms with van der Waals surface area (Å²) in [5.41, 5.74) is 2.25. The molecule has 0 aliphatic carbocycles. The lowest BCUT2D eigenvalue weighted by Gasteiger charge is -2.07. The zero-order chi connectivity index (χ0) is 16.6. The quantitative estimate of drug-likeness (QED) is 0.756. The molecular formula is C17H10Cl2N2O2. The van der Waals surface area contributed by atoms with Crippen LogP contribution in [0.4, 0.5) is 0 Å². The highest BCUT2D eigenvalue weighted by molar-refractivity contribution is 6.42. The maximum absolute atomic E-state index is 11.4. The summed E-state index contributed by atoms with van der Waals surface area (Å²) in [5, 5.41) is 19.9. The largest absolute Gasteiger partial charge is 0.478 e. The van der Waals surface area contributed by atoms with Crippen LogP contribution in [0.2, 0.25) is 10.0 Å². The van der Waals surface area contributed by atoms with Crippen LogP contribution in [0, 0.1) is 11.3 Å². The summed E-state index contributed by atoms with van der Waals surface area (Å²) >= 11 is 11.9. The Labute approximate surface area is 142 Å². The lowest BCUT2D eigenvalue weighted by Crippen LogP contribution is -1.99. The van der Waals surface area contributed by atoms with Crippen molar-refractivity contribution in [2.45, 2.75) is 6.54 Å². The SMILES string of the molecule is N#Cc1ccc2c(C(=O)O)cn(Cc3ccc(Cl)c(Cl)c3)c2c1. The van der Waals surface area contributed by atoms with E-state index in [2.05, 4.69) is 6.07 Å². The summed E-state index contributed by atoms with van der Waals surface area (Å²) in [5.74, 6) is -1.01. The first-order valence-corrected chi connectivity index (χ1v) is 7.45. The van der Waals surface area contributed by atoms with Crippen molar-refractivity contribution < 1.29 is 9.90 Å². The van der Waals surface area contributed by atoms with E-state index in [1.807, 2.05) is 6.07 Å². The van der Waals surface area contributed by atoms with Gasteiger partial charge in [0.15, 0.2) is 0 Å². The van der Waals surface area contributed by atoms with Crippen LogP contribution in [0.25, 0.3) is 10.9 Å². The Kier molecular flexibility index (Phi) is 3.99. The van der Waals surface area contributed by atoms with E-state index >= 15 is 0 Å². The maximum atomic E-state index is 11.4. The van der Waals surface area contributed by atoms with Crippen molar-refractivity contribution in [2.24, 2.45) is 0 Å². The molecule has 0 aliphatic rings. The lowest BCUT2D eigenvalue weighted by molar-refractivity contribution is 0.0699. The van der Waals surface area contributed by atoms with Gasteiger partial charge in [-0.15, -0.1) is 0 Å². The predicted molar refractivity (Wildman–Crippen MR) is 89.2 cm³/mol. The normalized spacial score (nSPS) is 10.7. The van der Waals surface area contributed by atoms with E-state index in [9.17, 15) is 9.90 Å². The van der Waals surface area contributed by atoms with Gasteiger partial charge in [0.1, 0.15) is 0 Å². The molecule has 1 N–H and O–H groups in total. The number of nitrogens with zero attached hydrogens (tertiary/aromatic N) is 2. The number of hydrogen-bond acceptors (Lipinski definition) is 2. The van der Waals surface area contributed by atoms with E-state index in [-0.39, 0.29) is 5.56 Å². The number of aromatic nitrogens is 1. The minimum atomic E-state index is -1.01. The number of hydrogen-bond donors (Lipinski definition) is 1. The van der Waals surface area contributed by atoms with E-state index in [0.717, 1.165) is 5.56 Å². The molecule has 0 saturated carbocycles. The molecule has 3 rings (SSSR count). The zero-order valence-corrected chi connectivity index (χ0v) is 13.3. The van der Waals surface area contributed by atoms with Gasteiger partial charge in [-0.25, -0.2) is 4.79 Å². The molecule has 0 spiro atoms. The number of aromatic carboxylic acids is 1. The summed E-state index contributed by atoms with van der Waals surface area (Å²) < 4.78 is 1.79. The number of nitriles is 1. The number of benzene rings is 2. The molecule has 1 heterocycles. The minimum absolute atomic E-state index is 0.199. The van der Waals surface area contributed by atoms with Gasteiger partial charge in [0.2, 0.25) is 0 Å². The van der Waals surface area contributed by atoms with Gasteiger partial charge in [-0.1, -0.05) is 35.3 Å². The first-order valence-electron chi connectivity index (χ1n) is 6.70. The fourth-order valence-corrected chi connectivity index (χ4v) is 2.82. The summed E-state index contributed by atoms with van der Waals surface area (Å²) in [4.78, 5) is 11.4. The van der Waals surface area contributed by atoms with Gasteiger partial charge < -0.3 is 9.67 Å². The van der Waals surface area contributed by atoms with Crippen LogP contribution in [0.1, 0.15) is 21.5 Å². The van der Waals surface area contributed by atoms with E-state index in [1.165, 1.54) is 0 Å². The highest BCUT2D eigenvalue weighted by atomic mass is 35.5. The fraction of sp³-hybridized carbons (Fsp3) is 0.0588.